The van der Waals surface area contributed by atoms with Gasteiger partial charge >= 0.3 is 5.97 Å². The first-order valence-corrected chi connectivity index (χ1v) is 10.2. The Kier molecular flexibility index (Phi) is 6.43. The van der Waals surface area contributed by atoms with Gasteiger partial charge in [0, 0.05) is 6.20 Å². The van der Waals surface area contributed by atoms with E-state index in [4.69, 9.17) is 9.15 Å². The zero-order valence-electron chi connectivity index (χ0n) is 16.5. The third-order valence-corrected chi connectivity index (χ3v) is 4.90. The highest BCUT2D eigenvalue weighted by molar-refractivity contribution is 7.98. The van der Waals surface area contributed by atoms with Crippen LogP contribution in [-0.4, -0.2) is 43.9 Å². The molecule has 0 spiro atoms. The monoisotopic (exact) mass is 438 g/mol. The lowest BCUT2D eigenvalue weighted by atomic mass is 10.3. The quantitative estimate of drug-likeness (QED) is 0.223. The second kappa shape index (κ2) is 9.76. The fourth-order valence-electron chi connectivity index (χ4n) is 2.50. The molecule has 0 bridgehead atoms. The minimum Gasteiger partial charge on any atom is -0.486 e. The van der Waals surface area contributed by atoms with Gasteiger partial charge in [0.05, 0.1) is 19.2 Å². The van der Waals surface area contributed by atoms with Gasteiger partial charge in [-0.25, -0.2) is 4.79 Å². The smallest absolute Gasteiger partial charge is 0.358 e. The van der Waals surface area contributed by atoms with Crippen molar-refractivity contribution in [1.29, 1.82) is 0 Å². The molecular weight excluding hydrogens is 420 g/mol. The van der Waals surface area contributed by atoms with Crippen molar-refractivity contribution >= 4 is 23.9 Å². The van der Waals surface area contributed by atoms with Crippen LogP contribution in [0.25, 0.3) is 0 Å². The number of esters is 1. The zero-order chi connectivity index (χ0) is 21.5. The van der Waals surface area contributed by atoms with Gasteiger partial charge < -0.3 is 13.9 Å². The van der Waals surface area contributed by atoms with Crippen LogP contribution in [0.4, 0.5) is 0 Å². The molecular formula is C20H18N6O4S. The highest BCUT2D eigenvalue weighted by Crippen LogP contribution is 2.17. The number of carbonyl (C=O) groups is 1. The van der Waals surface area contributed by atoms with Crippen molar-refractivity contribution in [3.05, 3.63) is 78.3 Å². The molecule has 0 aliphatic heterocycles. The Morgan fingerprint density at radius 2 is 2.10 bits per heavy atom. The first-order valence-electron chi connectivity index (χ1n) is 9.17. The number of hydrogen-bond donors (Lipinski definition) is 0. The Morgan fingerprint density at radius 1 is 1.23 bits per heavy atom. The highest BCUT2D eigenvalue weighted by atomic mass is 32.2. The van der Waals surface area contributed by atoms with Crippen LogP contribution >= 0.6 is 11.8 Å². The molecule has 0 saturated heterocycles. The number of aromatic nitrogens is 5. The molecule has 0 atom stereocenters. The van der Waals surface area contributed by atoms with E-state index in [1.165, 1.54) is 29.9 Å². The molecule has 0 N–H and O–H groups in total. The Labute approximate surface area is 181 Å². The van der Waals surface area contributed by atoms with Crippen LogP contribution < -0.4 is 4.74 Å². The summed E-state index contributed by atoms with van der Waals surface area (Å²) in [5.41, 5.74) is 0.243. The molecule has 1 aromatic carbocycles. The lowest BCUT2D eigenvalue weighted by Gasteiger charge is -2.02. The van der Waals surface area contributed by atoms with E-state index >= 15 is 0 Å². The maximum absolute atomic E-state index is 11.5. The molecule has 0 fully saturated rings. The Bertz CT molecular complexity index is 1170. The largest absolute Gasteiger partial charge is 0.486 e. The van der Waals surface area contributed by atoms with Crippen molar-refractivity contribution in [1.82, 2.24) is 24.7 Å². The standard InChI is InChI=1S/C20H18N6O4S/c1-28-19(27)18-9-10-25(24-18)14-31-20-23-21-13-26(20)22-11-16-7-8-17(30-16)12-29-15-5-3-2-4-6-15/h2-11,13H,12,14H2,1H3/b22-11-. The van der Waals surface area contributed by atoms with Crippen LogP contribution in [0.1, 0.15) is 22.0 Å². The minimum atomic E-state index is -0.483. The Hall–Kier alpha value is -3.86. The Balaban J connectivity index is 1.33. The average Bonchev–Trinajstić information content (AvgIpc) is 3.56. The van der Waals surface area contributed by atoms with Crippen LogP contribution in [0, 0.1) is 0 Å². The molecule has 0 unspecified atom stereocenters. The summed E-state index contributed by atoms with van der Waals surface area (Å²) in [4.78, 5) is 11.5. The molecule has 0 radical (unpaired) electrons. The molecule has 11 heteroatoms. The van der Waals surface area contributed by atoms with Crippen LogP contribution in [0.15, 0.2) is 75.7 Å². The van der Waals surface area contributed by atoms with Crippen LogP contribution in [-0.2, 0) is 17.2 Å². The highest BCUT2D eigenvalue weighted by Gasteiger charge is 2.10. The molecule has 3 aromatic heterocycles. The molecule has 0 aliphatic rings. The van der Waals surface area contributed by atoms with E-state index in [1.54, 1.807) is 23.2 Å². The van der Waals surface area contributed by atoms with Crippen molar-refractivity contribution in [2.75, 3.05) is 7.11 Å². The predicted octanol–water partition coefficient (Wildman–Crippen LogP) is 3.07. The van der Waals surface area contributed by atoms with Gasteiger partial charge in [-0.2, -0.15) is 14.9 Å². The number of hydrogen-bond acceptors (Lipinski definition) is 9. The number of furan rings is 1. The van der Waals surface area contributed by atoms with Crippen LogP contribution in [0.3, 0.4) is 0 Å². The van der Waals surface area contributed by atoms with Gasteiger partial charge in [0.25, 0.3) is 0 Å². The molecule has 10 nitrogen and oxygen atoms in total. The third-order valence-electron chi connectivity index (χ3n) is 3.98. The van der Waals surface area contributed by atoms with Crippen molar-refractivity contribution in [2.45, 2.75) is 17.6 Å². The molecule has 0 saturated carbocycles. The second-order valence-corrected chi connectivity index (χ2v) is 7.03. The van der Waals surface area contributed by atoms with Gasteiger partial charge in [0.2, 0.25) is 5.16 Å². The fraction of sp³-hybridized carbons (Fsp3) is 0.150. The number of carbonyl (C=O) groups excluding carboxylic acids is 1. The van der Waals surface area contributed by atoms with Crippen LogP contribution in [0.5, 0.6) is 5.75 Å². The molecule has 4 rings (SSSR count). The van der Waals surface area contributed by atoms with Gasteiger partial charge in [0.1, 0.15) is 30.2 Å². The normalized spacial score (nSPS) is 11.1. The van der Waals surface area contributed by atoms with Gasteiger partial charge in [-0.05, 0) is 30.3 Å². The first kappa shape index (κ1) is 20.4. The molecule has 0 aliphatic carbocycles. The summed E-state index contributed by atoms with van der Waals surface area (Å²) in [6.07, 6.45) is 4.75. The van der Waals surface area contributed by atoms with Gasteiger partial charge in [0.15, 0.2) is 5.69 Å². The number of para-hydroxylation sites is 1. The number of nitrogens with zero attached hydrogens (tertiary/aromatic N) is 6. The predicted molar refractivity (Wildman–Crippen MR) is 112 cm³/mol. The van der Waals surface area contributed by atoms with E-state index in [0.717, 1.165) is 5.75 Å². The van der Waals surface area contributed by atoms with Crippen molar-refractivity contribution in [2.24, 2.45) is 5.10 Å². The van der Waals surface area contributed by atoms with Crippen LogP contribution in [0.2, 0.25) is 0 Å². The molecule has 0 amide bonds. The summed E-state index contributed by atoms with van der Waals surface area (Å²) < 4.78 is 19.2. The van der Waals surface area contributed by atoms with E-state index in [0.29, 0.717) is 29.2 Å². The number of thioether (sulfide) groups is 1. The number of methoxy groups -OCH3 is 1. The molecule has 4 aromatic rings. The summed E-state index contributed by atoms with van der Waals surface area (Å²) in [5, 5.41) is 17.0. The summed E-state index contributed by atoms with van der Waals surface area (Å²) in [6, 6.07) is 14.8. The average molecular weight is 438 g/mol. The summed E-state index contributed by atoms with van der Waals surface area (Å²) >= 11 is 1.36. The van der Waals surface area contributed by atoms with E-state index in [-0.39, 0.29) is 5.69 Å². The van der Waals surface area contributed by atoms with Gasteiger partial charge in [-0.3, -0.25) is 4.68 Å². The topological polar surface area (TPSA) is 110 Å². The maximum Gasteiger partial charge on any atom is 0.358 e. The maximum atomic E-state index is 11.5. The number of ether oxygens (including phenoxy) is 2. The first-order chi connectivity index (χ1) is 15.2. The summed E-state index contributed by atoms with van der Waals surface area (Å²) in [7, 11) is 1.31. The lowest BCUT2D eigenvalue weighted by molar-refractivity contribution is 0.0593. The molecule has 3 heterocycles. The number of rotatable bonds is 9. The van der Waals surface area contributed by atoms with E-state index in [9.17, 15) is 4.79 Å². The zero-order valence-corrected chi connectivity index (χ0v) is 17.3. The second-order valence-electron chi connectivity index (χ2n) is 6.11. The summed E-state index contributed by atoms with van der Waals surface area (Å²) in [6.45, 7) is 0.322. The SMILES string of the molecule is COC(=O)c1ccn(CSc2nncn2/N=C\c2ccc(COc3ccccc3)o2)n1. The van der Waals surface area contributed by atoms with E-state index < -0.39 is 5.97 Å². The molecule has 31 heavy (non-hydrogen) atoms. The fourth-order valence-corrected chi connectivity index (χ4v) is 3.22. The van der Waals surface area contributed by atoms with Crippen molar-refractivity contribution in [3.8, 4) is 5.75 Å². The molecule has 158 valence electrons. The Morgan fingerprint density at radius 3 is 2.94 bits per heavy atom. The summed E-state index contributed by atoms with van der Waals surface area (Å²) in [5.74, 6) is 1.97. The minimum absolute atomic E-state index is 0.243. The number of benzene rings is 1. The van der Waals surface area contributed by atoms with E-state index in [2.05, 4.69) is 25.1 Å². The van der Waals surface area contributed by atoms with Crippen molar-refractivity contribution in [3.63, 3.8) is 0 Å². The van der Waals surface area contributed by atoms with Crippen molar-refractivity contribution < 1.29 is 18.7 Å². The van der Waals surface area contributed by atoms with E-state index in [1.807, 2.05) is 42.5 Å². The van der Waals surface area contributed by atoms with Gasteiger partial charge in [-0.15, -0.1) is 10.2 Å². The van der Waals surface area contributed by atoms with Gasteiger partial charge in [-0.1, -0.05) is 30.0 Å². The third kappa shape index (κ3) is 5.39. The lowest BCUT2D eigenvalue weighted by Crippen LogP contribution is -2.04.